The van der Waals surface area contributed by atoms with Crippen molar-refractivity contribution in [3.8, 4) is 0 Å². The highest BCUT2D eigenvalue weighted by molar-refractivity contribution is 7.71. The number of halogens is 1. The molecule has 1 aliphatic heterocycles. The average Bonchev–Trinajstić information content (AvgIpc) is 3.07. The Bertz CT molecular complexity index is 721. The maximum absolute atomic E-state index is 13.4. The van der Waals surface area contributed by atoms with Crippen molar-refractivity contribution < 1.29 is 4.39 Å². The van der Waals surface area contributed by atoms with E-state index in [9.17, 15) is 4.39 Å². The van der Waals surface area contributed by atoms with Gasteiger partial charge < -0.3 is 4.57 Å². The third-order valence-electron chi connectivity index (χ3n) is 4.49. The smallest absolute Gasteiger partial charge is 0.199 e. The van der Waals surface area contributed by atoms with Crippen molar-refractivity contribution in [2.45, 2.75) is 51.9 Å². The van der Waals surface area contributed by atoms with Crippen LogP contribution in [0.25, 0.3) is 0 Å². The molecule has 0 bridgehead atoms. The highest BCUT2D eigenvalue weighted by Crippen LogP contribution is 2.22. The third kappa shape index (κ3) is 3.70. The summed E-state index contributed by atoms with van der Waals surface area (Å²) in [5.74, 6) is -0.162. The van der Waals surface area contributed by atoms with E-state index in [4.69, 9.17) is 12.2 Å². The third-order valence-corrected chi connectivity index (χ3v) is 4.91. The topological polar surface area (TPSA) is 26.0 Å². The molecular formula is C17H23FN4S. The summed E-state index contributed by atoms with van der Waals surface area (Å²) in [7, 11) is 0. The highest BCUT2D eigenvalue weighted by Gasteiger charge is 2.25. The predicted octanol–water partition coefficient (Wildman–Crippen LogP) is 3.80. The number of likely N-dealkylation sites (tertiary alicyclic amines) is 1. The lowest BCUT2D eigenvalue weighted by Gasteiger charge is -2.24. The summed E-state index contributed by atoms with van der Waals surface area (Å²) in [5.41, 5.74) is 1.05. The summed E-state index contributed by atoms with van der Waals surface area (Å²) in [6.07, 6.45) is 4.98. The standard InChI is InChI=1S/C17H23FN4S/c1-13(2)21-11-19-22(17(21)23)12-20-8-4-7-16(20)10-14-5-3-6-15(18)9-14/h3,5-6,9,11,13,16H,4,7-8,10,12H2,1-2H3. The van der Waals surface area contributed by atoms with Crippen LogP contribution in [0.1, 0.15) is 38.3 Å². The van der Waals surface area contributed by atoms with Gasteiger partial charge in [-0.1, -0.05) is 12.1 Å². The number of aromatic nitrogens is 3. The van der Waals surface area contributed by atoms with Crippen LogP contribution in [0.4, 0.5) is 4.39 Å². The first-order chi connectivity index (χ1) is 11.0. The fourth-order valence-electron chi connectivity index (χ4n) is 3.22. The number of rotatable bonds is 5. The molecule has 23 heavy (non-hydrogen) atoms. The summed E-state index contributed by atoms with van der Waals surface area (Å²) in [6, 6.07) is 7.65. The van der Waals surface area contributed by atoms with Gasteiger partial charge in [-0.2, -0.15) is 5.10 Å². The molecule has 1 aromatic carbocycles. The fourth-order valence-corrected chi connectivity index (χ4v) is 3.58. The van der Waals surface area contributed by atoms with Crippen molar-refractivity contribution in [3.63, 3.8) is 0 Å². The Morgan fingerprint density at radius 1 is 1.39 bits per heavy atom. The van der Waals surface area contributed by atoms with Crippen LogP contribution in [0.5, 0.6) is 0 Å². The van der Waals surface area contributed by atoms with Crippen molar-refractivity contribution in [1.82, 2.24) is 19.2 Å². The van der Waals surface area contributed by atoms with E-state index in [1.807, 2.05) is 21.6 Å². The summed E-state index contributed by atoms with van der Waals surface area (Å²) in [5, 5.41) is 4.43. The van der Waals surface area contributed by atoms with Gasteiger partial charge in [0, 0.05) is 18.6 Å². The maximum Gasteiger partial charge on any atom is 0.199 e. The van der Waals surface area contributed by atoms with Crippen LogP contribution < -0.4 is 0 Å². The monoisotopic (exact) mass is 334 g/mol. The zero-order chi connectivity index (χ0) is 16.4. The molecule has 0 spiro atoms. The van der Waals surface area contributed by atoms with Gasteiger partial charge in [-0.05, 0) is 63.0 Å². The minimum Gasteiger partial charge on any atom is -0.304 e. The van der Waals surface area contributed by atoms with E-state index in [-0.39, 0.29) is 5.82 Å². The van der Waals surface area contributed by atoms with Gasteiger partial charge in [0.1, 0.15) is 12.1 Å². The van der Waals surface area contributed by atoms with Gasteiger partial charge in [0.2, 0.25) is 0 Å². The molecule has 2 aromatic rings. The molecule has 2 heterocycles. The zero-order valence-electron chi connectivity index (χ0n) is 13.7. The molecule has 0 saturated carbocycles. The van der Waals surface area contributed by atoms with Crippen LogP contribution in [0, 0.1) is 10.6 Å². The molecule has 6 heteroatoms. The molecule has 3 rings (SSSR count). The molecule has 1 saturated heterocycles. The number of hydrogen-bond donors (Lipinski definition) is 0. The van der Waals surface area contributed by atoms with Crippen LogP contribution in [-0.2, 0) is 13.1 Å². The van der Waals surface area contributed by atoms with E-state index in [1.165, 1.54) is 6.07 Å². The van der Waals surface area contributed by atoms with Crippen molar-refractivity contribution in [3.05, 3.63) is 46.7 Å². The Morgan fingerprint density at radius 3 is 2.91 bits per heavy atom. The number of hydrogen-bond acceptors (Lipinski definition) is 3. The average molecular weight is 334 g/mol. The van der Waals surface area contributed by atoms with Gasteiger partial charge >= 0.3 is 0 Å². The van der Waals surface area contributed by atoms with Crippen molar-refractivity contribution in [1.29, 1.82) is 0 Å². The largest absolute Gasteiger partial charge is 0.304 e. The molecule has 1 atom stereocenters. The minimum absolute atomic E-state index is 0.162. The Labute approximate surface area is 141 Å². The summed E-state index contributed by atoms with van der Waals surface area (Å²) >= 11 is 5.51. The molecule has 1 fully saturated rings. The van der Waals surface area contributed by atoms with E-state index in [1.54, 1.807) is 12.1 Å². The molecule has 0 N–H and O–H groups in total. The first kappa shape index (κ1) is 16.3. The van der Waals surface area contributed by atoms with Gasteiger partial charge in [-0.3, -0.25) is 4.90 Å². The van der Waals surface area contributed by atoms with Gasteiger partial charge in [0.25, 0.3) is 0 Å². The van der Waals surface area contributed by atoms with E-state index in [0.29, 0.717) is 18.8 Å². The Morgan fingerprint density at radius 2 is 2.22 bits per heavy atom. The van der Waals surface area contributed by atoms with Crippen molar-refractivity contribution >= 4 is 12.2 Å². The van der Waals surface area contributed by atoms with Crippen LogP contribution in [0.3, 0.4) is 0 Å². The van der Waals surface area contributed by atoms with E-state index in [0.717, 1.165) is 36.1 Å². The second-order valence-corrected chi connectivity index (χ2v) is 6.86. The second-order valence-electron chi connectivity index (χ2n) is 6.50. The van der Waals surface area contributed by atoms with Crippen LogP contribution >= 0.6 is 12.2 Å². The lowest BCUT2D eigenvalue weighted by Crippen LogP contribution is -2.33. The van der Waals surface area contributed by atoms with Gasteiger partial charge in [0.15, 0.2) is 4.77 Å². The molecule has 1 aliphatic rings. The highest BCUT2D eigenvalue weighted by atomic mass is 32.1. The Kier molecular flexibility index (Phi) is 4.92. The first-order valence-corrected chi connectivity index (χ1v) is 8.58. The van der Waals surface area contributed by atoms with Crippen LogP contribution in [0.2, 0.25) is 0 Å². The summed E-state index contributed by atoms with van der Waals surface area (Å²) < 4.78 is 18.0. The van der Waals surface area contributed by atoms with Crippen LogP contribution in [0.15, 0.2) is 30.6 Å². The number of nitrogens with zero attached hydrogens (tertiary/aromatic N) is 4. The molecule has 1 unspecified atom stereocenters. The second kappa shape index (κ2) is 6.93. The van der Waals surface area contributed by atoms with E-state index >= 15 is 0 Å². The molecule has 4 nitrogen and oxygen atoms in total. The minimum atomic E-state index is -0.162. The lowest BCUT2D eigenvalue weighted by atomic mass is 10.0. The molecule has 0 aliphatic carbocycles. The predicted molar refractivity (Wildman–Crippen MR) is 91.3 cm³/mol. The molecular weight excluding hydrogens is 311 g/mol. The van der Waals surface area contributed by atoms with E-state index < -0.39 is 0 Å². The van der Waals surface area contributed by atoms with Gasteiger partial charge in [-0.15, -0.1) is 0 Å². The Hall–Kier alpha value is -1.53. The SMILES string of the molecule is CC(C)n1cnn(CN2CCCC2Cc2cccc(F)c2)c1=S. The number of benzene rings is 1. The molecule has 124 valence electrons. The summed E-state index contributed by atoms with van der Waals surface area (Å²) in [6.45, 7) is 5.95. The summed E-state index contributed by atoms with van der Waals surface area (Å²) in [4.78, 5) is 2.40. The maximum atomic E-state index is 13.4. The Balaban J connectivity index is 1.71. The lowest BCUT2D eigenvalue weighted by molar-refractivity contribution is 0.187. The first-order valence-electron chi connectivity index (χ1n) is 8.17. The molecule has 0 amide bonds. The van der Waals surface area contributed by atoms with Crippen molar-refractivity contribution in [2.75, 3.05) is 6.54 Å². The quantitative estimate of drug-likeness (QED) is 0.778. The van der Waals surface area contributed by atoms with Gasteiger partial charge in [0.05, 0.1) is 6.67 Å². The normalized spacial score (nSPS) is 18.9. The fraction of sp³-hybridized carbons (Fsp3) is 0.529. The van der Waals surface area contributed by atoms with E-state index in [2.05, 4.69) is 23.8 Å². The van der Waals surface area contributed by atoms with Gasteiger partial charge in [-0.25, -0.2) is 9.07 Å². The molecule has 1 aromatic heterocycles. The van der Waals surface area contributed by atoms with Crippen LogP contribution in [-0.4, -0.2) is 31.8 Å². The van der Waals surface area contributed by atoms with Crippen molar-refractivity contribution in [2.24, 2.45) is 0 Å². The molecule has 0 radical (unpaired) electrons. The zero-order valence-corrected chi connectivity index (χ0v) is 14.5.